The van der Waals surface area contributed by atoms with Crippen molar-refractivity contribution < 1.29 is 19.1 Å². The summed E-state index contributed by atoms with van der Waals surface area (Å²) in [5.74, 6) is -0.411. The molecule has 0 aliphatic carbocycles. The monoisotopic (exact) mass is 263 g/mol. The maximum atomic E-state index is 11.5. The lowest BCUT2D eigenvalue weighted by Crippen LogP contribution is -2.37. The first-order valence-corrected chi connectivity index (χ1v) is 5.85. The van der Waals surface area contributed by atoms with E-state index in [2.05, 4.69) is 11.9 Å². The van der Waals surface area contributed by atoms with E-state index in [9.17, 15) is 9.59 Å². The number of amides is 1. The summed E-state index contributed by atoms with van der Waals surface area (Å²) < 4.78 is 9.81. The third kappa shape index (κ3) is 6.26. The Labute approximate surface area is 112 Å². The average Bonchev–Trinajstić information content (AvgIpc) is 2.42. The van der Waals surface area contributed by atoms with Gasteiger partial charge in [0, 0.05) is 6.92 Å². The second-order valence-corrected chi connectivity index (χ2v) is 3.85. The summed E-state index contributed by atoms with van der Waals surface area (Å²) in [6.07, 6.45) is 0.896. The Bertz CT molecular complexity index is 430. The van der Waals surface area contributed by atoms with Gasteiger partial charge in [-0.05, 0) is 5.56 Å². The van der Waals surface area contributed by atoms with Gasteiger partial charge in [0.2, 0.25) is 0 Å². The van der Waals surface area contributed by atoms with E-state index in [1.54, 1.807) is 0 Å². The SMILES string of the molecule is C=C[C@@H](COC(C)=O)NC(=O)OCc1ccccc1. The van der Waals surface area contributed by atoms with Crippen molar-refractivity contribution in [3.05, 3.63) is 48.6 Å². The number of esters is 1. The molecule has 0 aliphatic heterocycles. The first-order valence-electron chi connectivity index (χ1n) is 5.85. The molecule has 0 unspecified atom stereocenters. The summed E-state index contributed by atoms with van der Waals surface area (Å²) in [5.41, 5.74) is 0.896. The second-order valence-electron chi connectivity index (χ2n) is 3.85. The van der Waals surface area contributed by atoms with Gasteiger partial charge in [-0.15, -0.1) is 6.58 Å². The van der Waals surface area contributed by atoms with Crippen LogP contribution in [0, 0.1) is 0 Å². The van der Waals surface area contributed by atoms with Gasteiger partial charge in [0.1, 0.15) is 13.2 Å². The molecule has 5 nitrogen and oxygen atoms in total. The van der Waals surface area contributed by atoms with Crippen LogP contribution in [0.15, 0.2) is 43.0 Å². The molecule has 102 valence electrons. The largest absolute Gasteiger partial charge is 0.463 e. The van der Waals surface area contributed by atoms with Gasteiger partial charge in [-0.2, -0.15) is 0 Å². The fourth-order valence-corrected chi connectivity index (χ4v) is 1.29. The Kier molecular flexibility index (Phi) is 6.15. The van der Waals surface area contributed by atoms with E-state index in [0.717, 1.165) is 5.56 Å². The highest BCUT2D eigenvalue weighted by Gasteiger charge is 2.11. The van der Waals surface area contributed by atoms with Gasteiger partial charge >= 0.3 is 12.1 Å². The van der Waals surface area contributed by atoms with Gasteiger partial charge < -0.3 is 14.8 Å². The number of carbonyl (C=O) groups excluding carboxylic acids is 2. The Morgan fingerprint density at radius 3 is 2.58 bits per heavy atom. The molecular weight excluding hydrogens is 246 g/mol. The Balaban J connectivity index is 2.32. The van der Waals surface area contributed by atoms with Crippen LogP contribution in [0.1, 0.15) is 12.5 Å². The summed E-state index contributed by atoms with van der Waals surface area (Å²) in [7, 11) is 0. The van der Waals surface area contributed by atoms with Gasteiger partial charge in [0.05, 0.1) is 6.04 Å². The lowest BCUT2D eigenvalue weighted by Gasteiger charge is -2.14. The topological polar surface area (TPSA) is 64.6 Å². The number of rotatable bonds is 6. The highest BCUT2D eigenvalue weighted by molar-refractivity contribution is 5.68. The molecule has 1 rings (SSSR count). The number of alkyl carbamates (subject to hydrolysis) is 1. The van der Waals surface area contributed by atoms with Crippen molar-refractivity contribution in [2.24, 2.45) is 0 Å². The molecular formula is C14H17NO4. The minimum Gasteiger partial charge on any atom is -0.463 e. The number of ether oxygens (including phenoxy) is 2. The van der Waals surface area contributed by atoms with Crippen LogP contribution in [-0.2, 0) is 20.9 Å². The highest BCUT2D eigenvalue weighted by atomic mass is 16.6. The normalized spacial score (nSPS) is 11.2. The molecule has 0 spiro atoms. The molecule has 0 saturated heterocycles. The van der Waals surface area contributed by atoms with Crippen LogP contribution >= 0.6 is 0 Å². The Morgan fingerprint density at radius 2 is 2.00 bits per heavy atom. The van der Waals surface area contributed by atoms with E-state index < -0.39 is 18.1 Å². The third-order valence-corrected chi connectivity index (χ3v) is 2.27. The van der Waals surface area contributed by atoms with Gasteiger partial charge in [0.15, 0.2) is 0 Å². The molecule has 5 heteroatoms. The predicted molar refractivity (Wildman–Crippen MR) is 70.4 cm³/mol. The number of hydrogen-bond acceptors (Lipinski definition) is 4. The minimum atomic E-state index is -0.582. The molecule has 0 heterocycles. The van der Waals surface area contributed by atoms with Crippen molar-refractivity contribution in [3.63, 3.8) is 0 Å². The molecule has 0 bridgehead atoms. The first kappa shape index (κ1) is 14.8. The quantitative estimate of drug-likeness (QED) is 0.630. The summed E-state index contributed by atoms with van der Waals surface area (Å²) >= 11 is 0. The molecule has 0 fully saturated rings. The molecule has 1 atom stereocenters. The molecule has 1 aromatic rings. The molecule has 1 N–H and O–H groups in total. The molecule has 0 aromatic heterocycles. The van der Waals surface area contributed by atoms with E-state index in [-0.39, 0.29) is 13.2 Å². The standard InChI is InChI=1S/C14H17NO4/c1-3-13(10-18-11(2)16)15-14(17)19-9-12-7-5-4-6-8-12/h3-8,13H,1,9-10H2,2H3,(H,15,17)/t13-/m0/s1. The fourth-order valence-electron chi connectivity index (χ4n) is 1.29. The van der Waals surface area contributed by atoms with Crippen LogP contribution in [0.4, 0.5) is 4.79 Å². The number of hydrogen-bond donors (Lipinski definition) is 1. The van der Waals surface area contributed by atoms with Crippen LogP contribution in [0.2, 0.25) is 0 Å². The zero-order valence-corrected chi connectivity index (χ0v) is 10.8. The van der Waals surface area contributed by atoms with E-state index in [1.807, 2.05) is 30.3 Å². The van der Waals surface area contributed by atoms with E-state index in [1.165, 1.54) is 13.0 Å². The van der Waals surface area contributed by atoms with Crippen molar-refractivity contribution in [2.45, 2.75) is 19.6 Å². The average molecular weight is 263 g/mol. The van der Waals surface area contributed by atoms with Crippen molar-refractivity contribution >= 4 is 12.1 Å². The minimum absolute atomic E-state index is 0.0409. The zero-order chi connectivity index (χ0) is 14.1. The lowest BCUT2D eigenvalue weighted by molar-refractivity contribution is -0.141. The van der Waals surface area contributed by atoms with Crippen LogP contribution in [-0.4, -0.2) is 24.7 Å². The second kappa shape index (κ2) is 7.92. The van der Waals surface area contributed by atoms with E-state index in [4.69, 9.17) is 9.47 Å². The van der Waals surface area contributed by atoms with Crippen LogP contribution in [0.3, 0.4) is 0 Å². The molecule has 1 amide bonds. The smallest absolute Gasteiger partial charge is 0.408 e. The summed E-state index contributed by atoms with van der Waals surface area (Å²) in [6.45, 7) is 5.07. The summed E-state index contributed by atoms with van der Waals surface area (Å²) in [6, 6.07) is 8.87. The van der Waals surface area contributed by atoms with E-state index >= 15 is 0 Å². The maximum Gasteiger partial charge on any atom is 0.408 e. The fraction of sp³-hybridized carbons (Fsp3) is 0.286. The van der Waals surface area contributed by atoms with Crippen LogP contribution in [0.5, 0.6) is 0 Å². The molecule has 0 saturated carbocycles. The van der Waals surface area contributed by atoms with Crippen LogP contribution < -0.4 is 5.32 Å². The highest BCUT2D eigenvalue weighted by Crippen LogP contribution is 2.01. The van der Waals surface area contributed by atoms with Gasteiger partial charge in [-0.3, -0.25) is 4.79 Å². The van der Waals surface area contributed by atoms with Gasteiger partial charge in [0.25, 0.3) is 0 Å². The number of benzene rings is 1. The Hall–Kier alpha value is -2.30. The summed E-state index contributed by atoms with van der Waals surface area (Å²) in [5, 5.41) is 2.54. The van der Waals surface area contributed by atoms with Crippen molar-refractivity contribution in [3.8, 4) is 0 Å². The van der Waals surface area contributed by atoms with E-state index in [0.29, 0.717) is 0 Å². The zero-order valence-electron chi connectivity index (χ0n) is 10.8. The summed E-state index contributed by atoms with van der Waals surface area (Å²) in [4.78, 5) is 22.2. The molecule has 1 aromatic carbocycles. The van der Waals surface area contributed by atoms with Crippen molar-refractivity contribution in [1.29, 1.82) is 0 Å². The number of nitrogens with one attached hydrogen (secondary N) is 1. The van der Waals surface area contributed by atoms with Crippen molar-refractivity contribution in [1.82, 2.24) is 5.32 Å². The van der Waals surface area contributed by atoms with Gasteiger partial charge in [-0.1, -0.05) is 36.4 Å². The molecule has 19 heavy (non-hydrogen) atoms. The lowest BCUT2D eigenvalue weighted by atomic mass is 10.2. The Morgan fingerprint density at radius 1 is 1.32 bits per heavy atom. The predicted octanol–water partition coefficient (Wildman–Crippen LogP) is 2.03. The van der Waals surface area contributed by atoms with Crippen molar-refractivity contribution in [2.75, 3.05) is 6.61 Å². The molecule has 0 radical (unpaired) electrons. The molecule has 0 aliphatic rings. The maximum absolute atomic E-state index is 11.5. The third-order valence-electron chi connectivity index (χ3n) is 2.27. The van der Waals surface area contributed by atoms with Crippen LogP contribution in [0.25, 0.3) is 0 Å². The number of carbonyl (C=O) groups is 2. The van der Waals surface area contributed by atoms with Gasteiger partial charge in [-0.25, -0.2) is 4.79 Å². The first-order chi connectivity index (χ1) is 9.11.